The summed E-state index contributed by atoms with van der Waals surface area (Å²) >= 11 is 0. The zero-order chi connectivity index (χ0) is 16.4. The summed E-state index contributed by atoms with van der Waals surface area (Å²) in [7, 11) is 0. The number of nitrogens with one attached hydrogen (secondary N) is 1. The number of aromatic nitrogens is 3. The molecule has 1 aliphatic heterocycles. The number of aryl methyl sites for hydroxylation is 1. The average Bonchev–Trinajstić information content (AvgIpc) is 3.05. The van der Waals surface area contributed by atoms with Crippen LogP contribution in [-0.4, -0.2) is 52.8 Å². The van der Waals surface area contributed by atoms with E-state index in [1.807, 2.05) is 19.2 Å². The number of benzene rings is 1. The molecule has 0 unspecified atom stereocenters. The number of hydrogen-bond acceptors (Lipinski definition) is 4. The molecule has 1 aromatic carbocycles. The van der Waals surface area contributed by atoms with Gasteiger partial charge in [0.2, 0.25) is 0 Å². The Bertz CT molecular complexity index is 812. The number of pyridine rings is 1. The molecule has 1 N–H and O–H groups in total. The van der Waals surface area contributed by atoms with E-state index in [1.165, 1.54) is 11.1 Å². The van der Waals surface area contributed by atoms with Crippen molar-refractivity contribution < 1.29 is 0 Å². The van der Waals surface area contributed by atoms with E-state index in [-0.39, 0.29) is 0 Å². The summed E-state index contributed by atoms with van der Waals surface area (Å²) in [6, 6.07) is 12.7. The molecule has 5 heteroatoms. The van der Waals surface area contributed by atoms with Crippen molar-refractivity contribution in [3.63, 3.8) is 0 Å². The summed E-state index contributed by atoms with van der Waals surface area (Å²) < 4.78 is 0. The number of fused-ring (bicyclic) bond motifs is 1. The number of H-pyrrole nitrogens is 1. The lowest BCUT2D eigenvalue weighted by Gasteiger charge is -2.36. The Morgan fingerprint density at radius 1 is 1.08 bits per heavy atom. The van der Waals surface area contributed by atoms with Gasteiger partial charge in [0.05, 0.1) is 16.9 Å². The molecule has 5 nitrogen and oxygen atoms in total. The molecule has 0 radical (unpaired) electrons. The molecular weight excluding hydrogens is 298 g/mol. The first kappa shape index (κ1) is 15.1. The van der Waals surface area contributed by atoms with Crippen LogP contribution in [0.5, 0.6) is 0 Å². The second kappa shape index (κ2) is 6.61. The third-order valence-corrected chi connectivity index (χ3v) is 4.77. The number of nitrogens with zero attached hydrogens (tertiary/aromatic N) is 4. The SMILES string of the molecule is Cc1cc(CCN2CCN(c3cccc4cccnc34)CC2)n[nH]1. The van der Waals surface area contributed by atoms with Crippen molar-refractivity contribution in [3.05, 3.63) is 54.0 Å². The highest BCUT2D eigenvalue weighted by atomic mass is 15.3. The smallest absolute Gasteiger partial charge is 0.0935 e. The molecular formula is C19H23N5. The average molecular weight is 321 g/mol. The highest BCUT2D eigenvalue weighted by Crippen LogP contribution is 2.25. The van der Waals surface area contributed by atoms with Crippen LogP contribution in [0.25, 0.3) is 10.9 Å². The number of hydrogen-bond donors (Lipinski definition) is 1. The zero-order valence-electron chi connectivity index (χ0n) is 14.1. The molecule has 3 heterocycles. The minimum absolute atomic E-state index is 1.01. The monoisotopic (exact) mass is 321 g/mol. The van der Waals surface area contributed by atoms with E-state index in [0.29, 0.717) is 0 Å². The third kappa shape index (κ3) is 3.12. The van der Waals surface area contributed by atoms with Gasteiger partial charge in [0.1, 0.15) is 0 Å². The van der Waals surface area contributed by atoms with Crippen LogP contribution in [-0.2, 0) is 6.42 Å². The molecule has 0 spiro atoms. The lowest BCUT2D eigenvalue weighted by Crippen LogP contribution is -2.47. The van der Waals surface area contributed by atoms with E-state index in [0.717, 1.165) is 56.0 Å². The van der Waals surface area contributed by atoms with Crippen molar-refractivity contribution in [2.75, 3.05) is 37.6 Å². The Kier molecular flexibility index (Phi) is 4.17. The van der Waals surface area contributed by atoms with Gasteiger partial charge in [-0.25, -0.2) is 0 Å². The fourth-order valence-corrected chi connectivity index (χ4v) is 3.43. The van der Waals surface area contributed by atoms with Gasteiger partial charge in [0.15, 0.2) is 0 Å². The van der Waals surface area contributed by atoms with Gasteiger partial charge < -0.3 is 4.90 Å². The largest absolute Gasteiger partial charge is 0.367 e. The lowest BCUT2D eigenvalue weighted by molar-refractivity contribution is 0.260. The first-order chi connectivity index (χ1) is 11.8. The highest BCUT2D eigenvalue weighted by Gasteiger charge is 2.19. The predicted molar refractivity (Wildman–Crippen MR) is 97.4 cm³/mol. The van der Waals surface area contributed by atoms with Crippen LogP contribution in [0.15, 0.2) is 42.6 Å². The lowest BCUT2D eigenvalue weighted by atomic mass is 10.1. The van der Waals surface area contributed by atoms with Crippen molar-refractivity contribution in [1.29, 1.82) is 0 Å². The van der Waals surface area contributed by atoms with Crippen LogP contribution < -0.4 is 4.90 Å². The van der Waals surface area contributed by atoms with Crippen LogP contribution in [0.3, 0.4) is 0 Å². The predicted octanol–water partition coefficient (Wildman–Crippen LogP) is 2.63. The van der Waals surface area contributed by atoms with Crippen LogP contribution in [0.1, 0.15) is 11.4 Å². The van der Waals surface area contributed by atoms with E-state index in [1.54, 1.807) is 0 Å². The zero-order valence-corrected chi connectivity index (χ0v) is 14.1. The van der Waals surface area contributed by atoms with E-state index in [2.05, 4.69) is 55.3 Å². The Labute approximate surface area is 142 Å². The van der Waals surface area contributed by atoms with Gasteiger partial charge >= 0.3 is 0 Å². The molecule has 4 rings (SSSR count). The second-order valence-corrected chi connectivity index (χ2v) is 6.47. The van der Waals surface area contributed by atoms with Crippen molar-refractivity contribution in [2.45, 2.75) is 13.3 Å². The van der Waals surface area contributed by atoms with Gasteiger partial charge in [0, 0.05) is 56.4 Å². The standard InChI is InChI=1S/C19H23N5/c1-15-14-17(22-21-15)7-9-23-10-12-24(13-11-23)18-6-2-4-16-5-3-8-20-19(16)18/h2-6,8,14H,7,9-13H2,1H3,(H,21,22). The molecule has 0 bridgehead atoms. The Hall–Kier alpha value is -2.40. The maximum atomic E-state index is 4.59. The number of rotatable bonds is 4. The Balaban J connectivity index is 1.38. The van der Waals surface area contributed by atoms with E-state index >= 15 is 0 Å². The van der Waals surface area contributed by atoms with Gasteiger partial charge in [-0.2, -0.15) is 5.10 Å². The molecule has 1 fully saturated rings. The molecule has 0 aliphatic carbocycles. The van der Waals surface area contributed by atoms with E-state index in [4.69, 9.17) is 0 Å². The number of piperazine rings is 1. The first-order valence-corrected chi connectivity index (χ1v) is 8.61. The molecule has 2 aromatic heterocycles. The minimum atomic E-state index is 1.01. The molecule has 3 aromatic rings. The van der Waals surface area contributed by atoms with Crippen molar-refractivity contribution >= 4 is 16.6 Å². The van der Waals surface area contributed by atoms with Crippen LogP contribution >= 0.6 is 0 Å². The molecule has 0 saturated carbocycles. The summed E-state index contributed by atoms with van der Waals surface area (Å²) in [4.78, 5) is 9.58. The van der Waals surface area contributed by atoms with Crippen LogP contribution in [0.2, 0.25) is 0 Å². The second-order valence-electron chi connectivity index (χ2n) is 6.47. The first-order valence-electron chi connectivity index (χ1n) is 8.61. The quantitative estimate of drug-likeness (QED) is 0.802. The van der Waals surface area contributed by atoms with Gasteiger partial charge in [-0.1, -0.05) is 18.2 Å². The van der Waals surface area contributed by atoms with Gasteiger partial charge in [-0.15, -0.1) is 0 Å². The van der Waals surface area contributed by atoms with E-state index in [9.17, 15) is 0 Å². The number of anilines is 1. The molecule has 0 atom stereocenters. The fraction of sp³-hybridized carbons (Fsp3) is 0.368. The summed E-state index contributed by atoms with van der Waals surface area (Å²) in [5.41, 5.74) is 4.67. The highest BCUT2D eigenvalue weighted by molar-refractivity contribution is 5.90. The summed E-state index contributed by atoms with van der Waals surface area (Å²) in [5.74, 6) is 0. The maximum absolute atomic E-state index is 4.59. The summed E-state index contributed by atoms with van der Waals surface area (Å²) in [6.07, 6.45) is 2.90. The van der Waals surface area contributed by atoms with Gasteiger partial charge in [-0.3, -0.25) is 15.0 Å². The Morgan fingerprint density at radius 2 is 1.92 bits per heavy atom. The molecule has 1 saturated heterocycles. The molecule has 1 aliphatic rings. The summed E-state index contributed by atoms with van der Waals surface area (Å²) in [5, 5.41) is 8.56. The molecule has 24 heavy (non-hydrogen) atoms. The fourth-order valence-electron chi connectivity index (χ4n) is 3.43. The topological polar surface area (TPSA) is 48.1 Å². The van der Waals surface area contributed by atoms with Crippen molar-refractivity contribution in [3.8, 4) is 0 Å². The van der Waals surface area contributed by atoms with E-state index < -0.39 is 0 Å². The minimum Gasteiger partial charge on any atom is -0.367 e. The van der Waals surface area contributed by atoms with Crippen LogP contribution in [0, 0.1) is 6.92 Å². The molecule has 0 amide bonds. The number of para-hydroxylation sites is 1. The van der Waals surface area contributed by atoms with Crippen molar-refractivity contribution in [2.24, 2.45) is 0 Å². The normalized spacial score (nSPS) is 16.0. The van der Waals surface area contributed by atoms with Crippen molar-refractivity contribution in [1.82, 2.24) is 20.1 Å². The maximum Gasteiger partial charge on any atom is 0.0935 e. The third-order valence-electron chi connectivity index (χ3n) is 4.77. The Morgan fingerprint density at radius 3 is 2.71 bits per heavy atom. The molecule has 124 valence electrons. The summed E-state index contributed by atoms with van der Waals surface area (Å²) in [6.45, 7) is 7.41. The van der Waals surface area contributed by atoms with Gasteiger partial charge in [0.25, 0.3) is 0 Å². The van der Waals surface area contributed by atoms with Gasteiger partial charge in [-0.05, 0) is 25.1 Å². The van der Waals surface area contributed by atoms with Crippen LogP contribution in [0.4, 0.5) is 5.69 Å². The number of aromatic amines is 1.